The van der Waals surface area contributed by atoms with E-state index < -0.39 is 10.8 Å². The van der Waals surface area contributed by atoms with Gasteiger partial charge in [0, 0.05) is 6.20 Å². The molecule has 18 heavy (non-hydrogen) atoms. The average Bonchev–Trinajstić information content (AvgIpc) is 2.40. The smallest absolute Gasteiger partial charge is 0.150 e. The molecule has 0 bridgehead atoms. The van der Waals surface area contributed by atoms with Crippen LogP contribution < -0.4 is 5.73 Å². The van der Waals surface area contributed by atoms with Crippen molar-refractivity contribution in [3.05, 3.63) is 53.7 Å². The molecule has 4 heteroatoms. The van der Waals surface area contributed by atoms with Gasteiger partial charge in [-0.25, -0.2) is 4.98 Å². The number of hydrogen-bond acceptors (Lipinski definition) is 3. The molecule has 2 N–H and O–H groups in total. The Morgan fingerprint density at radius 1 is 1.17 bits per heavy atom. The number of nitrogens with two attached hydrogens (primary N) is 1. The highest BCUT2D eigenvalue weighted by molar-refractivity contribution is 7.84. The first kappa shape index (κ1) is 12.8. The molecule has 1 unspecified atom stereocenters. The van der Waals surface area contributed by atoms with Gasteiger partial charge in [-0.15, -0.1) is 0 Å². The van der Waals surface area contributed by atoms with Gasteiger partial charge < -0.3 is 5.73 Å². The number of anilines is 1. The number of aryl methyl sites for hydroxylation is 1. The molecule has 94 valence electrons. The number of nitrogen functional groups attached to an aromatic ring is 1. The second-order valence-electron chi connectivity index (χ2n) is 4.06. The summed E-state index contributed by atoms with van der Waals surface area (Å²) in [5.41, 5.74) is 8.57. The molecule has 0 amide bonds. The van der Waals surface area contributed by atoms with Crippen molar-refractivity contribution in [2.24, 2.45) is 0 Å². The average molecular weight is 260 g/mol. The van der Waals surface area contributed by atoms with Crippen molar-refractivity contribution in [3.63, 3.8) is 0 Å². The minimum atomic E-state index is -1.19. The fraction of sp³-hybridized carbons (Fsp3) is 0.214. The molecule has 1 aromatic heterocycles. The molecular weight excluding hydrogens is 244 g/mol. The second kappa shape index (κ2) is 5.78. The molecule has 0 saturated heterocycles. The van der Waals surface area contributed by atoms with Crippen LogP contribution >= 0.6 is 0 Å². The summed E-state index contributed by atoms with van der Waals surface area (Å²) < 4.78 is 12.2. The van der Waals surface area contributed by atoms with E-state index in [1.165, 1.54) is 5.56 Å². The van der Waals surface area contributed by atoms with E-state index >= 15 is 0 Å². The van der Waals surface area contributed by atoms with E-state index in [1.54, 1.807) is 18.3 Å². The van der Waals surface area contributed by atoms with E-state index in [4.69, 9.17) is 5.73 Å². The quantitative estimate of drug-likeness (QED) is 0.919. The molecule has 0 aliphatic rings. The van der Waals surface area contributed by atoms with E-state index in [0.29, 0.717) is 16.5 Å². The predicted molar refractivity (Wildman–Crippen MR) is 74.6 cm³/mol. The molecular formula is C14H16N2OS. The third-order valence-electron chi connectivity index (χ3n) is 2.75. The zero-order valence-electron chi connectivity index (χ0n) is 10.3. The van der Waals surface area contributed by atoms with Crippen LogP contribution in [0.2, 0.25) is 0 Å². The Kier molecular flexibility index (Phi) is 4.10. The maximum absolute atomic E-state index is 12.2. The predicted octanol–water partition coefficient (Wildman–Crippen LogP) is 2.53. The molecule has 1 aromatic carbocycles. The zero-order chi connectivity index (χ0) is 13.0. The summed E-state index contributed by atoms with van der Waals surface area (Å²) >= 11 is 0. The van der Waals surface area contributed by atoms with Gasteiger partial charge in [0.05, 0.1) is 22.2 Å². The van der Waals surface area contributed by atoms with E-state index in [1.807, 2.05) is 12.1 Å². The largest absolute Gasteiger partial charge is 0.396 e. The molecule has 2 rings (SSSR count). The van der Waals surface area contributed by atoms with Crippen LogP contribution in [0.4, 0.5) is 5.69 Å². The minimum absolute atomic E-state index is 0.450. The highest BCUT2D eigenvalue weighted by atomic mass is 32.2. The van der Waals surface area contributed by atoms with Gasteiger partial charge in [-0.1, -0.05) is 31.2 Å². The van der Waals surface area contributed by atoms with E-state index in [9.17, 15) is 4.21 Å². The van der Waals surface area contributed by atoms with Crippen molar-refractivity contribution in [2.75, 3.05) is 5.73 Å². The summed E-state index contributed by atoms with van der Waals surface area (Å²) in [6, 6.07) is 11.6. The van der Waals surface area contributed by atoms with Gasteiger partial charge in [0.2, 0.25) is 0 Å². The maximum Gasteiger partial charge on any atom is 0.150 e. The highest BCUT2D eigenvalue weighted by Crippen LogP contribution is 2.16. The molecule has 3 nitrogen and oxygen atoms in total. The van der Waals surface area contributed by atoms with Crippen LogP contribution in [0.25, 0.3) is 0 Å². The van der Waals surface area contributed by atoms with E-state index in [-0.39, 0.29) is 0 Å². The summed E-state index contributed by atoms with van der Waals surface area (Å²) in [6.45, 7) is 2.11. The molecule has 0 spiro atoms. The summed E-state index contributed by atoms with van der Waals surface area (Å²) in [6.07, 6.45) is 2.63. The van der Waals surface area contributed by atoms with Crippen LogP contribution in [0.15, 0.2) is 47.6 Å². The standard InChI is InChI=1S/C14H16N2OS/c1-2-11-5-7-12(8-6-11)10-18(17)14-13(15)4-3-9-16-14/h3-9H,2,10,15H2,1H3. The highest BCUT2D eigenvalue weighted by Gasteiger charge is 2.09. The second-order valence-corrected chi connectivity index (χ2v) is 5.42. The Hall–Kier alpha value is -1.68. The van der Waals surface area contributed by atoms with Gasteiger partial charge in [-0.2, -0.15) is 0 Å². The molecule has 0 aliphatic carbocycles. The number of nitrogens with zero attached hydrogens (tertiary/aromatic N) is 1. The number of rotatable bonds is 4. The van der Waals surface area contributed by atoms with Crippen molar-refractivity contribution in [1.29, 1.82) is 0 Å². The van der Waals surface area contributed by atoms with Crippen molar-refractivity contribution in [1.82, 2.24) is 4.98 Å². The van der Waals surface area contributed by atoms with Crippen LogP contribution in [0, 0.1) is 0 Å². The first-order chi connectivity index (χ1) is 8.70. The van der Waals surface area contributed by atoms with Crippen LogP contribution in [-0.4, -0.2) is 9.19 Å². The number of hydrogen-bond donors (Lipinski definition) is 1. The Balaban J connectivity index is 2.14. The maximum atomic E-state index is 12.2. The van der Waals surface area contributed by atoms with Gasteiger partial charge in [0.1, 0.15) is 5.03 Å². The topological polar surface area (TPSA) is 56.0 Å². The molecule has 1 atom stereocenters. The van der Waals surface area contributed by atoms with Gasteiger partial charge in [-0.05, 0) is 29.7 Å². The number of benzene rings is 1. The normalized spacial score (nSPS) is 12.3. The molecule has 1 heterocycles. The fourth-order valence-corrected chi connectivity index (χ4v) is 2.83. The van der Waals surface area contributed by atoms with Gasteiger partial charge in [0.15, 0.2) is 0 Å². The summed E-state index contributed by atoms with van der Waals surface area (Å²) in [7, 11) is -1.19. The molecule has 0 fully saturated rings. The van der Waals surface area contributed by atoms with Crippen molar-refractivity contribution in [3.8, 4) is 0 Å². The summed E-state index contributed by atoms with van der Waals surface area (Å²) in [5.74, 6) is 0.450. The SMILES string of the molecule is CCc1ccc(CS(=O)c2ncccc2N)cc1. The van der Waals surface area contributed by atoms with Gasteiger partial charge >= 0.3 is 0 Å². The lowest BCUT2D eigenvalue weighted by atomic mass is 10.1. The minimum Gasteiger partial charge on any atom is -0.396 e. The lowest BCUT2D eigenvalue weighted by molar-refractivity contribution is 0.680. The lowest BCUT2D eigenvalue weighted by Crippen LogP contribution is -2.03. The third kappa shape index (κ3) is 2.96. The van der Waals surface area contributed by atoms with Gasteiger partial charge in [-0.3, -0.25) is 4.21 Å². The molecule has 0 saturated carbocycles. The molecule has 2 aromatic rings. The monoisotopic (exact) mass is 260 g/mol. The third-order valence-corrected chi connectivity index (χ3v) is 4.11. The van der Waals surface area contributed by atoms with Crippen LogP contribution in [-0.2, 0) is 23.0 Å². The number of pyridine rings is 1. The van der Waals surface area contributed by atoms with Crippen molar-refractivity contribution < 1.29 is 4.21 Å². The van der Waals surface area contributed by atoms with Crippen LogP contribution in [0.5, 0.6) is 0 Å². The summed E-state index contributed by atoms with van der Waals surface area (Å²) in [5, 5.41) is 0.470. The van der Waals surface area contributed by atoms with E-state index in [2.05, 4.69) is 24.0 Å². The Bertz CT molecular complexity index is 552. The van der Waals surface area contributed by atoms with Crippen molar-refractivity contribution >= 4 is 16.5 Å². The Labute approximate surface area is 110 Å². The Morgan fingerprint density at radius 3 is 2.44 bits per heavy atom. The van der Waals surface area contributed by atoms with Crippen molar-refractivity contribution in [2.45, 2.75) is 24.1 Å². The first-order valence-electron chi connectivity index (χ1n) is 5.87. The molecule has 0 radical (unpaired) electrons. The van der Waals surface area contributed by atoms with E-state index in [0.717, 1.165) is 12.0 Å². The zero-order valence-corrected chi connectivity index (χ0v) is 11.1. The Morgan fingerprint density at radius 2 is 1.83 bits per heavy atom. The fourth-order valence-electron chi connectivity index (χ4n) is 1.68. The number of aromatic nitrogens is 1. The first-order valence-corrected chi connectivity index (χ1v) is 7.19. The molecule has 0 aliphatic heterocycles. The van der Waals surface area contributed by atoms with Crippen LogP contribution in [0.1, 0.15) is 18.1 Å². The van der Waals surface area contributed by atoms with Gasteiger partial charge in [0.25, 0.3) is 0 Å². The summed E-state index contributed by atoms with van der Waals surface area (Å²) in [4.78, 5) is 4.08. The van der Waals surface area contributed by atoms with Crippen LogP contribution in [0.3, 0.4) is 0 Å². The lowest BCUT2D eigenvalue weighted by Gasteiger charge is -2.05.